The third-order valence-corrected chi connectivity index (χ3v) is 5.24. The van der Waals surface area contributed by atoms with Gasteiger partial charge in [-0.1, -0.05) is 43.2 Å². The number of ether oxygens (including phenoxy) is 1. The van der Waals surface area contributed by atoms with Gasteiger partial charge in [-0.25, -0.2) is 0 Å². The maximum absolute atomic E-state index is 10.5. The Morgan fingerprint density at radius 1 is 1.07 bits per heavy atom. The molecule has 4 heteroatoms. The van der Waals surface area contributed by atoms with Crippen LogP contribution < -0.4 is 4.74 Å². The summed E-state index contributed by atoms with van der Waals surface area (Å²) in [6, 6.07) is 20.2. The monoisotopic (exact) mass is 364 g/mol. The predicted molar refractivity (Wildman–Crippen MR) is 107 cm³/mol. The van der Waals surface area contributed by atoms with E-state index < -0.39 is 6.10 Å². The number of aliphatic hydroxyl groups is 1. The molecule has 1 fully saturated rings. The minimum absolute atomic E-state index is 0.264. The van der Waals surface area contributed by atoms with Crippen LogP contribution in [-0.2, 0) is 6.42 Å². The molecule has 1 aliphatic rings. The Kier molecular flexibility index (Phi) is 7.27. The zero-order valence-corrected chi connectivity index (χ0v) is 15.8. The van der Waals surface area contributed by atoms with E-state index in [0.29, 0.717) is 23.9 Å². The van der Waals surface area contributed by atoms with E-state index in [-0.39, 0.29) is 6.61 Å². The summed E-state index contributed by atoms with van der Waals surface area (Å²) < 4.78 is 5.71. The van der Waals surface area contributed by atoms with Crippen molar-refractivity contribution in [3.05, 3.63) is 65.7 Å². The zero-order chi connectivity index (χ0) is 18.9. The van der Waals surface area contributed by atoms with Crippen LogP contribution in [-0.4, -0.2) is 41.8 Å². The van der Waals surface area contributed by atoms with Crippen molar-refractivity contribution in [2.45, 2.75) is 44.2 Å². The molecule has 0 aromatic heterocycles. The van der Waals surface area contributed by atoms with Crippen molar-refractivity contribution >= 4 is 0 Å². The zero-order valence-electron chi connectivity index (χ0n) is 15.8. The number of hydrogen-bond donors (Lipinski definition) is 1. The second-order valence-corrected chi connectivity index (χ2v) is 7.27. The lowest BCUT2D eigenvalue weighted by Gasteiger charge is -2.30. The van der Waals surface area contributed by atoms with Gasteiger partial charge in [0.1, 0.15) is 18.5 Å². The standard InChI is InChI=1S/C23H28N2O2/c24-16-20-10-12-23(13-11-20)27-18-22(26)17-25(21-8-4-5-9-21)15-14-19-6-2-1-3-7-19/h1-3,6-7,10-13,21-22,26H,4-5,8-9,14-15,17-18H2. The quantitative estimate of drug-likeness (QED) is 0.736. The highest BCUT2D eigenvalue weighted by atomic mass is 16.5. The van der Waals surface area contributed by atoms with Gasteiger partial charge in [-0.05, 0) is 49.1 Å². The Morgan fingerprint density at radius 2 is 1.78 bits per heavy atom. The molecule has 0 spiro atoms. The van der Waals surface area contributed by atoms with E-state index in [1.165, 1.54) is 31.2 Å². The average molecular weight is 364 g/mol. The molecule has 142 valence electrons. The lowest BCUT2D eigenvalue weighted by molar-refractivity contribution is 0.0532. The number of nitriles is 1. The topological polar surface area (TPSA) is 56.5 Å². The molecular weight excluding hydrogens is 336 g/mol. The van der Waals surface area contributed by atoms with Crippen molar-refractivity contribution in [2.24, 2.45) is 0 Å². The van der Waals surface area contributed by atoms with Crippen molar-refractivity contribution in [3.8, 4) is 11.8 Å². The van der Waals surface area contributed by atoms with Crippen LogP contribution in [0.5, 0.6) is 5.75 Å². The molecule has 1 aliphatic carbocycles. The second kappa shape index (κ2) is 10.1. The summed E-state index contributed by atoms with van der Waals surface area (Å²) in [5.41, 5.74) is 1.94. The summed E-state index contributed by atoms with van der Waals surface area (Å²) in [4.78, 5) is 2.44. The van der Waals surface area contributed by atoms with Crippen LogP contribution in [0, 0.1) is 11.3 Å². The molecule has 0 bridgehead atoms. The summed E-state index contributed by atoms with van der Waals surface area (Å²) in [5, 5.41) is 19.4. The minimum atomic E-state index is -0.531. The predicted octanol–water partition coefficient (Wildman–Crippen LogP) is 3.79. The SMILES string of the molecule is N#Cc1ccc(OCC(O)CN(CCc2ccccc2)C2CCCC2)cc1. The van der Waals surface area contributed by atoms with E-state index in [2.05, 4.69) is 35.2 Å². The molecule has 1 atom stereocenters. The summed E-state index contributed by atoms with van der Waals surface area (Å²) in [6.45, 7) is 1.86. The number of rotatable bonds is 9. The van der Waals surface area contributed by atoms with Gasteiger partial charge in [0.25, 0.3) is 0 Å². The largest absolute Gasteiger partial charge is 0.491 e. The number of aliphatic hydroxyl groups excluding tert-OH is 1. The Morgan fingerprint density at radius 3 is 2.44 bits per heavy atom. The van der Waals surface area contributed by atoms with Crippen molar-refractivity contribution in [3.63, 3.8) is 0 Å². The normalized spacial score (nSPS) is 15.6. The molecule has 2 aromatic rings. The summed E-state index contributed by atoms with van der Waals surface area (Å²) in [5.74, 6) is 0.685. The van der Waals surface area contributed by atoms with E-state index >= 15 is 0 Å². The average Bonchev–Trinajstić information content (AvgIpc) is 3.25. The van der Waals surface area contributed by atoms with Crippen molar-refractivity contribution < 1.29 is 9.84 Å². The molecule has 0 saturated heterocycles. The maximum Gasteiger partial charge on any atom is 0.119 e. The number of benzene rings is 2. The third-order valence-electron chi connectivity index (χ3n) is 5.24. The van der Waals surface area contributed by atoms with E-state index in [1.807, 2.05) is 6.07 Å². The van der Waals surface area contributed by atoms with Gasteiger partial charge >= 0.3 is 0 Å². The van der Waals surface area contributed by atoms with Crippen LogP contribution in [0.4, 0.5) is 0 Å². The highest BCUT2D eigenvalue weighted by molar-refractivity contribution is 5.34. The van der Waals surface area contributed by atoms with Gasteiger partial charge in [-0.15, -0.1) is 0 Å². The lowest BCUT2D eigenvalue weighted by Crippen LogP contribution is -2.42. The van der Waals surface area contributed by atoms with Crippen LogP contribution in [0.3, 0.4) is 0 Å². The molecule has 1 unspecified atom stereocenters. The van der Waals surface area contributed by atoms with Crippen molar-refractivity contribution in [2.75, 3.05) is 19.7 Å². The minimum Gasteiger partial charge on any atom is -0.491 e. The molecule has 0 amide bonds. The number of nitrogens with zero attached hydrogens (tertiary/aromatic N) is 2. The van der Waals surface area contributed by atoms with Gasteiger partial charge in [0.2, 0.25) is 0 Å². The molecule has 0 radical (unpaired) electrons. The fourth-order valence-corrected chi connectivity index (χ4v) is 3.75. The van der Waals surface area contributed by atoms with E-state index in [4.69, 9.17) is 10.00 Å². The highest BCUT2D eigenvalue weighted by Gasteiger charge is 2.24. The fourth-order valence-electron chi connectivity index (χ4n) is 3.75. The molecule has 1 saturated carbocycles. The molecular formula is C23H28N2O2. The molecule has 4 nitrogen and oxygen atoms in total. The Hall–Kier alpha value is -2.35. The first-order chi connectivity index (χ1) is 13.2. The smallest absolute Gasteiger partial charge is 0.119 e. The summed E-state index contributed by atoms with van der Waals surface area (Å²) in [6.07, 6.45) is 5.47. The molecule has 27 heavy (non-hydrogen) atoms. The van der Waals surface area contributed by atoms with Crippen LogP contribution in [0.2, 0.25) is 0 Å². The summed E-state index contributed by atoms with van der Waals surface area (Å²) in [7, 11) is 0. The number of hydrogen-bond acceptors (Lipinski definition) is 4. The fraction of sp³-hybridized carbons (Fsp3) is 0.435. The maximum atomic E-state index is 10.5. The van der Waals surface area contributed by atoms with E-state index in [0.717, 1.165) is 13.0 Å². The van der Waals surface area contributed by atoms with Crippen LogP contribution in [0.25, 0.3) is 0 Å². The first-order valence-electron chi connectivity index (χ1n) is 9.83. The first kappa shape index (κ1) is 19.4. The second-order valence-electron chi connectivity index (χ2n) is 7.27. The summed E-state index contributed by atoms with van der Waals surface area (Å²) >= 11 is 0. The molecule has 2 aromatic carbocycles. The van der Waals surface area contributed by atoms with Gasteiger partial charge in [0.15, 0.2) is 0 Å². The van der Waals surface area contributed by atoms with Crippen LogP contribution in [0.15, 0.2) is 54.6 Å². The van der Waals surface area contributed by atoms with Crippen molar-refractivity contribution in [1.29, 1.82) is 5.26 Å². The van der Waals surface area contributed by atoms with Gasteiger partial charge in [-0.2, -0.15) is 5.26 Å². The Bertz CT molecular complexity index is 718. The van der Waals surface area contributed by atoms with E-state index in [9.17, 15) is 5.11 Å². The highest BCUT2D eigenvalue weighted by Crippen LogP contribution is 2.24. The molecule has 0 aliphatic heterocycles. The lowest BCUT2D eigenvalue weighted by atomic mass is 10.1. The Labute approximate surface area is 162 Å². The first-order valence-corrected chi connectivity index (χ1v) is 9.83. The molecule has 3 rings (SSSR count). The van der Waals surface area contributed by atoms with Gasteiger partial charge < -0.3 is 9.84 Å². The van der Waals surface area contributed by atoms with Crippen molar-refractivity contribution in [1.82, 2.24) is 4.90 Å². The van der Waals surface area contributed by atoms with Gasteiger partial charge in [0.05, 0.1) is 11.6 Å². The Balaban J connectivity index is 1.51. The van der Waals surface area contributed by atoms with Crippen LogP contribution in [0.1, 0.15) is 36.8 Å². The molecule has 1 N–H and O–H groups in total. The van der Waals surface area contributed by atoms with Gasteiger partial charge in [0, 0.05) is 19.1 Å². The van der Waals surface area contributed by atoms with Gasteiger partial charge in [-0.3, -0.25) is 4.90 Å². The third kappa shape index (κ3) is 6.09. The molecule has 0 heterocycles. The van der Waals surface area contributed by atoms with Crippen LogP contribution >= 0.6 is 0 Å². The van der Waals surface area contributed by atoms with E-state index in [1.54, 1.807) is 24.3 Å².